The first-order valence-electron chi connectivity index (χ1n) is 0.931. The molecule has 0 aliphatic heterocycles. The van der Waals surface area contributed by atoms with Gasteiger partial charge in [0.05, 0.1) is 0 Å². The molecule has 0 spiro atoms. The Bertz CT molecular complexity index is 54.3. The normalized spacial score (nSPS) is 11.2. The first-order valence-corrected chi connectivity index (χ1v) is 5.39. The number of hydrogen-bond donors (Lipinski definition) is 1. The van der Waals surface area contributed by atoms with E-state index in [1.807, 2.05) is 0 Å². The van der Waals surface area contributed by atoms with Gasteiger partial charge in [0.25, 0.3) is 0 Å². The van der Waals surface area contributed by atoms with E-state index in [0.29, 0.717) is 0 Å². The molecular formula is HCl3N2P. The van der Waals surface area contributed by atoms with E-state index in [1.54, 1.807) is 0 Å². The predicted molar refractivity (Wildman–Crippen MR) is 29.6 cm³/mol. The maximum absolute atomic E-state index is 6.13. The summed E-state index contributed by atoms with van der Waals surface area (Å²) in [5.74, 6) is 0. The van der Waals surface area contributed by atoms with E-state index < -0.39 is 5.47 Å². The molecule has 0 bridgehead atoms. The van der Waals surface area contributed by atoms with Crippen molar-refractivity contribution in [1.82, 2.24) is 0 Å². The van der Waals surface area contributed by atoms with E-state index >= 15 is 0 Å². The smallest absolute Gasteiger partial charge is 0.203 e. The van der Waals surface area contributed by atoms with Gasteiger partial charge in [0.2, 0.25) is 5.47 Å². The quantitative estimate of drug-likeness (QED) is 0.458. The Morgan fingerprint density at radius 3 is 1.50 bits per heavy atom. The van der Waals surface area contributed by atoms with Crippen LogP contribution in [0.25, 0.3) is 0 Å². The summed E-state index contributed by atoms with van der Waals surface area (Å²) < 4.78 is 0. The van der Waals surface area contributed by atoms with Gasteiger partial charge in [0.15, 0.2) is 0 Å². The van der Waals surface area contributed by atoms with Gasteiger partial charge < -0.3 is 0 Å². The zero-order valence-electron chi connectivity index (χ0n) is 2.53. The molecule has 0 fully saturated rings. The molecule has 0 aromatic carbocycles. The van der Waals surface area contributed by atoms with Crippen molar-refractivity contribution in [2.45, 2.75) is 0 Å². The van der Waals surface area contributed by atoms with Crippen LogP contribution in [0.5, 0.6) is 0 Å². The summed E-state index contributed by atoms with van der Waals surface area (Å²) in [6.45, 7) is 0. The van der Waals surface area contributed by atoms with E-state index in [2.05, 4.69) is 4.88 Å². The second kappa shape index (κ2) is 2.27. The molecule has 0 rings (SSSR count). The third-order valence-corrected chi connectivity index (χ3v) is 1.02. The van der Waals surface area contributed by atoms with E-state index in [-0.39, 0.29) is 0 Å². The molecule has 0 aromatic heterocycles. The lowest BCUT2D eigenvalue weighted by Gasteiger charge is -1.96. The molecule has 0 heterocycles. The van der Waals surface area contributed by atoms with Crippen LogP contribution in [0.15, 0.2) is 4.88 Å². The van der Waals surface area contributed by atoms with Gasteiger partial charge in [-0.15, -0.1) is 4.88 Å². The average Bonchev–Trinajstić information content (AvgIpc) is 1.35. The lowest BCUT2D eigenvalue weighted by Crippen LogP contribution is -1.39. The molecule has 1 N–H and O–H groups in total. The van der Waals surface area contributed by atoms with Gasteiger partial charge in [-0.25, -0.2) is 5.53 Å². The molecular weight excluding hydrogens is 165 g/mol. The first kappa shape index (κ1) is 6.90. The number of hydrogen-bond acceptors (Lipinski definition) is 2. The molecule has 2 nitrogen and oxygen atoms in total. The molecule has 6 heteroatoms. The summed E-state index contributed by atoms with van der Waals surface area (Å²) in [5, 5.41) is 0. The third-order valence-electron chi connectivity index (χ3n) is 0.113. The minimum absolute atomic E-state index is 2.68. The van der Waals surface area contributed by atoms with Crippen LogP contribution in [0.4, 0.5) is 0 Å². The van der Waals surface area contributed by atoms with Gasteiger partial charge in [-0.05, 0) is 33.7 Å². The van der Waals surface area contributed by atoms with Gasteiger partial charge in [-0.2, -0.15) is 0 Å². The van der Waals surface area contributed by atoms with Crippen LogP contribution in [0.2, 0.25) is 0 Å². The van der Waals surface area contributed by atoms with Crippen LogP contribution in [0.3, 0.4) is 0 Å². The maximum atomic E-state index is 6.13. The summed E-state index contributed by atoms with van der Waals surface area (Å²) in [4.78, 5) is 2.68. The molecule has 0 amide bonds. The Kier molecular flexibility index (Phi) is 2.61. The summed E-state index contributed by atoms with van der Waals surface area (Å²) in [7, 11) is 0. The van der Waals surface area contributed by atoms with Crippen LogP contribution in [-0.2, 0) is 0 Å². The molecule has 0 saturated carbocycles. The van der Waals surface area contributed by atoms with Crippen molar-refractivity contribution in [3.8, 4) is 0 Å². The molecule has 0 saturated heterocycles. The van der Waals surface area contributed by atoms with Crippen LogP contribution in [-0.4, -0.2) is 0 Å². The van der Waals surface area contributed by atoms with E-state index in [1.165, 1.54) is 0 Å². The summed E-state index contributed by atoms with van der Waals surface area (Å²) in [5.41, 5.74) is 3.44. The largest absolute Gasteiger partial charge is 0.248 e. The molecule has 37 valence electrons. The van der Waals surface area contributed by atoms with Crippen molar-refractivity contribution < 1.29 is 0 Å². The lowest BCUT2D eigenvalue weighted by molar-refractivity contribution is 1.25. The second-order valence-electron chi connectivity index (χ2n) is 0.518. The summed E-state index contributed by atoms with van der Waals surface area (Å²) >= 11 is 15.0. The SMILES string of the molecule is N=N[P](Cl)(Cl)Cl. The molecule has 0 aromatic rings. The Morgan fingerprint density at radius 1 is 1.33 bits per heavy atom. The second-order valence-corrected chi connectivity index (χ2v) is 7.52. The van der Waals surface area contributed by atoms with Crippen LogP contribution in [0.1, 0.15) is 0 Å². The zero-order valence-corrected chi connectivity index (χ0v) is 5.69. The third kappa shape index (κ3) is 4.90. The predicted octanol–water partition coefficient (Wildman–Crippen LogP) is 3.41. The Balaban J connectivity index is 3.45. The minimum Gasteiger partial charge on any atom is -0.203 e. The van der Waals surface area contributed by atoms with Gasteiger partial charge >= 0.3 is 0 Å². The highest BCUT2D eigenvalue weighted by atomic mass is 36.1. The highest BCUT2D eigenvalue weighted by Gasteiger charge is 2.13. The Morgan fingerprint density at radius 2 is 1.50 bits per heavy atom. The maximum Gasteiger partial charge on any atom is 0.248 e. The van der Waals surface area contributed by atoms with Crippen molar-refractivity contribution in [1.29, 1.82) is 5.53 Å². The fraction of sp³-hybridized carbons (Fsp3) is 0. The monoisotopic (exact) mass is 165 g/mol. The van der Waals surface area contributed by atoms with E-state index in [9.17, 15) is 0 Å². The van der Waals surface area contributed by atoms with Gasteiger partial charge in [0.1, 0.15) is 0 Å². The molecule has 1 radical (unpaired) electrons. The lowest BCUT2D eigenvalue weighted by atomic mass is 13.3. The minimum atomic E-state index is -2.69. The van der Waals surface area contributed by atoms with Crippen molar-refractivity contribution >= 4 is 39.2 Å². The number of nitrogens with zero attached hydrogens (tertiary/aromatic N) is 1. The van der Waals surface area contributed by atoms with Crippen LogP contribution in [0, 0.1) is 5.53 Å². The highest BCUT2D eigenvalue weighted by Crippen LogP contribution is 2.75. The topological polar surface area (TPSA) is 36.2 Å². The Hall–Kier alpha value is 0.900. The average molecular weight is 166 g/mol. The molecule has 0 aliphatic carbocycles. The molecule has 6 heavy (non-hydrogen) atoms. The number of halogens is 3. The fourth-order valence-corrected chi connectivity index (χ4v) is 0. The zero-order chi connectivity index (χ0) is 5.21. The first-order chi connectivity index (χ1) is 2.56. The molecule has 0 aliphatic rings. The molecule has 0 unspecified atom stereocenters. The molecule has 0 atom stereocenters. The van der Waals surface area contributed by atoms with Gasteiger partial charge in [-0.3, -0.25) is 0 Å². The van der Waals surface area contributed by atoms with E-state index in [0.717, 1.165) is 0 Å². The van der Waals surface area contributed by atoms with Crippen LogP contribution >= 0.6 is 39.2 Å². The standard InChI is InChI=1S/Cl3HN2P/c1-6(2,3)5-4/h4H. The van der Waals surface area contributed by atoms with Gasteiger partial charge in [0, 0.05) is 0 Å². The van der Waals surface area contributed by atoms with Gasteiger partial charge in [-0.1, -0.05) is 0 Å². The fourth-order valence-electron chi connectivity index (χ4n) is 0. The van der Waals surface area contributed by atoms with Crippen molar-refractivity contribution in [2.75, 3.05) is 0 Å². The Labute approximate surface area is 50.0 Å². The number of nitrogens with one attached hydrogen (secondary N) is 1. The summed E-state index contributed by atoms with van der Waals surface area (Å²) in [6.07, 6.45) is 0. The van der Waals surface area contributed by atoms with Crippen molar-refractivity contribution in [3.05, 3.63) is 0 Å². The van der Waals surface area contributed by atoms with Crippen LogP contribution < -0.4 is 0 Å². The van der Waals surface area contributed by atoms with E-state index in [4.69, 9.17) is 39.3 Å². The highest BCUT2D eigenvalue weighted by molar-refractivity contribution is 8.31. The van der Waals surface area contributed by atoms with Crippen molar-refractivity contribution in [3.63, 3.8) is 0 Å². The summed E-state index contributed by atoms with van der Waals surface area (Å²) in [6, 6.07) is 0. The van der Waals surface area contributed by atoms with Crippen molar-refractivity contribution in [2.24, 2.45) is 4.88 Å². The number of rotatable bonds is 1.